The van der Waals surface area contributed by atoms with E-state index in [2.05, 4.69) is 25.8 Å². The molecule has 2 saturated heterocycles. The lowest BCUT2D eigenvalue weighted by Gasteiger charge is -2.41. The highest BCUT2D eigenvalue weighted by Gasteiger charge is 2.52. The maximum Gasteiger partial charge on any atom is 0.254 e. The largest absolute Gasteiger partial charge is 0.491 e. The molecule has 0 N–H and O–H groups in total. The Morgan fingerprint density at radius 3 is 2.87 bits per heavy atom. The van der Waals surface area contributed by atoms with E-state index in [1.54, 1.807) is 29.3 Å². The van der Waals surface area contributed by atoms with E-state index in [0.717, 1.165) is 5.69 Å². The van der Waals surface area contributed by atoms with Crippen molar-refractivity contribution in [3.05, 3.63) is 58.9 Å². The predicted octanol–water partition coefficient (Wildman–Crippen LogP) is 4.27. The van der Waals surface area contributed by atoms with Gasteiger partial charge in [0.2, 0.25) is 0 Å². The van der Waals surface area contributed by atoms with Gasteiger partial charge in [0, 0.05) is 24.7 Å². The highest BCUT2D eigenvalue weighted by atomic mass is 35.5. The van der Waals surface area contributed by atoms with Crippen LogP contribution in [-0.4, -0.2) is 48.4 Å². The van der Waals surface area contributed by atoms with Crippen LogP contribution in [0.2, 0.25) is 5.02 Å². The Balaban J connectivity index is 1.47. The number of aromatic nitrogens is 1. The van der Waals surface area contributed by atoms with Crippen molar-refractivity contribution in [3.8, 4) is 5.75 Å². The first-order valence-corrected chi connectivity index (χ1v) is 10.5. The van der Waals surface area contributed by atoms with Gasteiger partial charge in [-0.15, -0.1) is 0 Å². The third kappa shape index (κ3) is 4.17. The lowest BCUT2D eigenvalue weighted by Crippen LogP contribution is -2.53. The topological polar surface area (TPSA) is 60.9 Å². The predicted molar refractivity (Wildman–Crippen MR) is 114 cm³/mol. The van der Waals surface area contributed by atoms with Gasteiger partial charge in [0.25, 0.3) is 5.91 Å². The SMILES string of the molecule is CC(C)(C)COc1ccc(C(=O)N2CC[C@]3(c4ccccn4)OCO[C@H]3C2)cc1Cl. The van der Waals surface area contributed by atoms with Crippen molar-refractivity contribution in [2.24, 2.45) is 5.41 Å². The molecule has 1 aromatic heterocycles. The number of piperidine rings is 1. The van der Waals surface area contributed by atoms with Crippen molar-refractivity contribution in [2.45, 2.75) is 38.9 Å². The van der Waals surface area contributed by atoms with E-state index in [-0.39, 0.29) is 24.2 Å². The number of rotatable bonds is 4. The molecule has 2 aliphatic heterocycles. The first-order chi connectivity index (χ1) is 14.3. The Morgan fingerprint density at radius 2 is 2.17 bits per heavy atom. The van der Waals surface area contributed by atoms with E-state index in [1.165, 1.54) is 0 Å². The van der Waals surface area contributed by atoms with Crippen LogP contribution in [-0.2, 0) is 15.1 Å². The zero-order valence-electron chi connectivity index (χ0n) is 17.6. The molecule has 3 heterocycles. The summed E-state index contributed by atoms with van der Waals surface area (Å²) in [6, 6.07) is 11.0. The Kier molecular flexibility index (Phi) is 5.75. The van der Waals surface area contributed by atoms with Gasteiger partial charge < -0.3 is 19.1 Å². The van der Waals surface area contributed by atoms with Gasteiger partial charge in [-0.3, -0.25) is 9.78 Å². The van der Waals surface area contributed by atoms with Gasteiger partial charge in [-0.25, -0.2) is 0 Å². The fourth-order valence-corrected chi connectivity index (χ4v) is 4.10. The highest BCUT2D eigenvalue weighted by molar-refractivity contribution is 6.32. The molecule has 0 spiro atoms. The van der Waals surface area contributed by atoms with Crippen LogP contribution in [0.4, 0.5) is 0 Å². The fourth-order valence-electron chi connectivity index (χ4n) is 3.87. The number of nitrogens with zero attached hydrogens (tertiary/aromatic N) is 2. The van der Waals surface area contributed by atoms with Crippen LogP contribution < -0.4 is 4.74 Å². The molecule has 0 bridgehead atoms. The standard InChI is InChI=1S/C23H27ClN2O4/c1-22(2,3)14-28-18-8-7-16(12-17(18)24)21(27)26-11-9-23(19-6-4-5-10-25-19)20(13-26)29-15-30-23/h4-8,10,12,20H,9,11,13-15H2,1-3H3/t20-,23+/m0/s1. The Morgan fingerprint density at radius 1 is 1.33 bits per heavy atom. The second-order valence-corrected chi connectivity index (χ2v) is 9.42. The molecule has 2 fully saturated rings. The molecule has 1 aromatic carbocycles. The number of ether oxygens (including phenoxy) is 3. The summed E-state index contributed by atoms with van der Waals surface area (Å²) in [7, 11) is 0. The van der Waals surface area contributed by atoms with Crippen LogP contribution in [0.3, 0.4) is 0 Å². The second-order valence-electron chi connectivity index (χ2n) is 9.02. The molecule has 2 aromatic rings. The van der Waals surface area contributed by atoms with E-state index in [9.17, 15) is 4.79 Å². The van der Waals surface area contributed by atoms with Gasteiger partial charge in [-0.05, 0) is 35.7 Å². The van der Waals surface area contributed by atoms with Crippen molar-refractivity contribution in [1.82, 2.24) is 9.88 Å². The van der Waals surface area contributed by atoms with E-state index in [0.29, 0.717) is 42.5 Å². The average molecular weight is 431 g/mol. The van der Waals surface area contributed by atoms with Crippen molar-refractivity contribution >= 4 is 17.5 Å². The van der Waals surface area contributed by atoms with Crippen molar-refractivity contribution in [3.63, 3.8) is 0 Å². The minimum absolute atomic E-state index is 0.0229. The van der Waals surface area contributed by atoms with Crippen LogP contribution >= 0.6 is 11.6 Å². The number of benzene rings is 1. The smallest absolute Gasteiger partial charge is 0.254 e. The van der Waals surface area contributed by atoms with Crippen molar-refractivity contribution in [2.75, 3.05) is 26.5 Å². The molecular formula is C23H27ClN2O4. The summed E-state index contributed by atoms with van der Waals surface area (Å²) in [6.45, 7) is 8.01. The maximum absolute atomic E-state index is 13.1. The van der Waals surface area contributed by atoms with Crippen LogP contribution in [0.1, 0.15) is 43.2 Å². The minimum atomic E-state index is -0.597. The quantitative estimate of drug-likeness (QED) is 0.724. The summed E-state index contributed by atoms with van der Waals surface area (Å²) in [5.41, 5.74) is 0.811. The number of likely N-dealkylation sites (tertiary alicyclic amines) is 1. The summed E-state index contributed by atoms with van der Waals surface area (Å²) >= 11 is 6.38. The molecular weight excluding hydrogens is 404 g/mol. The molecule has 0 unspecified atom stereocenters. The number of carbonyl (C=O) groups is 1. The molecule has 2 atom stereocenters. The summed E-state index contributed by atoms with van der Waals surface area (Å²) in [4.78, 5) is 19.4. The lowest BCUT2D eigenvalue weighted by molar-refractivity contribution is -0.0470. The van der Waals surface area contributed by atoms with Gasteiger partial charge in [0.05, 0.1) is 23.9 Å². The Bertz CT molecular complexity index is 915. The molecule has 7 heteroatoms. The first kappa shape index (κ1) is 21.1. The fraction of sp³-hybridized carbons (Fsp3) is 0.478. The highest BCUT2D eigenvalue weighted by Crippen LogP contribution is 2.42. The van der Waals surface area contributed by atoms with Crippen molar-refractivity contribution < 1.29 is 19.0 Å². The van der Waals surface area contributed by atoms with Crippen LogP contribution in [0.5, 0.6) is 5.75 Å². The summed E-state index contributed by atoms with van der Waals surface area (Å²) < 4.78 is 17.6. The van der Waals surface area contributed by atoms with Gasteiger partial charge in [0.15, 0.2) is 0 Å². The third-order valence-electron chi connectivity index (χ3n) is 5.47. The van der Waals surface area contributed by atoms with E-state index < -0.39 is 5.60 Å². The van der Waals surface area contributed by atoms with Crippen LogP contribution in [0.15, 0.2) is 42.6 Å². The number of fused-ring (bicyclic) bond motifs is 1. The molecule has 1 amide bonds. The molecule has 0 saturated carbocycles. The summed E-state index contributed by atoms with van der Waals surface area (Å²) in [5.74, 6) is 0.507. The normalized spacial score (nSPS) is 23.9. The lowest BCUT2D eigenvalue weighted by atomic mass is 9.85. The second kappa shape index (κ2) is 8.17. The third-order valence-corrected chi connectivity index (χ3v) is 5.77. The molecule has 160 valence electrons. The molecule has 30 heavy (non-hydrogen) atoms. The van der Waals surface area contributed by atoms with Crippen LogP contribution in [0.25, 0.3) is 0 Å². The average Bonchev–Trinajstić information content (AvgIpc) is 3.16. The van der Waals surface area contributed by atoms with Crippen molar-refractivity contribution in [1.29, 1.82) is 0 Å². The monoisotopic (exact) mass is 430 g/mol. The molecule has 4 rings (SSSR count). The molecule has 6 nitrogen and oxygen atoms in total. The Labute approximate surface area is 182 Å². The number of pyridine rings is 1. The zero-order chi connectivity index (χ0) is 21.4. The summed E-state index contributed by atoms with van der Waals surface area (Å²) in [5, 5.41) is 0.436. The molecule has 2 aliphatic rings. The maximum atomic E-state index is 13.1. The number of hydrogen-bond donors (Lipinski definition) is 0. The van der Waals surface area contributed by atoms with Gasteiger partial charge in [-0.2, -0.15) is 0 Å². The van der Waals surface area contributed by atoms with E-state index in [4.69, 9.17) is 25.8 Å². The van der Waals surface area contributed by atoms with E-state index >= 15 is 0 Å². The minimum Gasteiger partial charge on any atom is -0.491 e. The first-order valence-electron chi connectivity index (χ1n) is 10.2. The summed E-state index contributed by atoms with van der Waals surface area (Å²) in [6.07, 6.45) is 2.13. The van der Waals surface area contributed by atoms with Gasteiger partial charge in [0.1, 0.15) is 24.2 Å². The number of halogens is 1. The molecule has 0 aliphatic carbocycles. The van der Waals surface area contributed by atoms with Gasteiger partial charge in [-0.1, -0.05) is 38.4 Å². The molecule has 0 radical (unpaired) electrons. The Hall–Kier alpha value is -2.15. The number of carbonyl (C=O) groups excluding carboxylic acids is 1. The zero-order valence-corrected chi connectivity index (χ0v) is 18.3. The van der Waals surface area contributed by atoms with Gasteiger partial charge >= 0.3 is 0 Å². The number of hydrogen-bond acceptors (Lipinski definition) is 5. The van der Waals surface area contributed by atoms with E-state index in [1.807, 2.05) is 18.2 Å². The number of amides is 1. The van der Waals surface area contributed by atoms with Crippen LogP contribution in [0, 0.1) is 5.41 Å².